The number of thioether (sulfide) groups is 1. The van der Waals surface area contributed by atoms with E-state index >= 15 is 0 Å². The number of benzene rings is 2. The molecule has 0 bridgehead atoms. The molecular weight excluding hydrogens is 404 g/mol. The molecule has 2 aromatic carbocycles. The Morgan fingerprint density at radius 3 is 2.73 bits per heavy atom. The summed E-state index contributed by atoms with van der Waals surface area (Å²) >= 11 is 1.32. The number of carbonyl (C=O) groups excluding carboxylic acids is 1. The lowest BCUT2D eigenvalue weighted by Crippen LogP contribution is -2.25. The Hall–Kier alpha value is -3.20. The lowest BCUT2D eigenvalue weighted by Gasteiger charge is -2.25. The second-order valence-electron chi connectivity index (χ2n) is 6.71. The van der Waals surface area contributed by atoms with E-state index in [-0.39, 0.29) is 12.0 Å². The predicted molar refractivity (Wildman–Crippen MR) is 113 cm³/mol. The SMILES string of the molecule is COc1ccccc1NC(=O)C(C)Sc1nnc(C2COc3ccccc3O2)n1C. The van der Waals surface area contributed by atoms with Gasteiger partial charge in [-0.1, -0.05) is 36.0 Å². The monoisotopic (exact) mass is 426 g/mol. The highest BCUT2D eigenvalue weighted by Crippen LogP contribution is 2.36. The smallest absolute Gasteiger partial charge is 0.237 e. The van der Waals surface area contributed by atoms with Gasteiger partial charge in [-0.2, -0.15) is 0 Å². The van der Waals surface area contributed by atoms with Crippen LogP contribution in [-0.4, -0.2) is 39.6 Å². The number of nitrogens with zero attached hydrogens (tertiary/aromatic N) is 3. The molecule has 1 N–H and O–H groups in total. The summed E-state index contributed by atoms with van der Waals surface area (Å²) in [4.78, 5) is 12.7. The van der Waals surface area contributed by atoms with Crippen LogP contribution in [0.5, 0.6) is 17.2 Å². The van der Waals surface area contributed by atoms with Gasteiger partial charge in [-0.15, -0.1) is 10.2 Å². The number of hydrogen-bond acceptors (Lipinski definition) is 7. The van der Waals surface area contributed by atoms with E-state index in [1.54, 1.807) is 19.2 Å². The molecule has 0 saturated carbocycles. The molecule has 2 atom stereocenters. The van der Waals surface area contributed by atoms with Gasteiger partial charge in [0.2, 0.25) is 5.91 Å². The van der Waals surface area contributed by atoms with Crippen LogP contribution in [0.1, 0.15) is 18.9 Å². The fourth-order valence-electron chi connectivity index (χ4n) is 3.05. The molecule has 0 spiro atoms. The van der Waals surface area contributed by atoms with E-state index in [2.05, 4.69) is 15.5 Å². The van der Waals surface area contributed by atoms with Crippen LogP contribution in [0.3, 0.4) is 0 Å². The standard InChI is InChI=1S/C21H22N4O4S/c1-13(20(26)22-14-8-4-5-9-15(14)27-3)30-21-24-23-19(25(21)2)18-12-28-16-10-6-7-11-17(16)29-18/h4-11,13,18H,12H2,1-3H3,(H,22,26). The Bertz CT molecular complexity index is 1050. The van der Waals surface area contributed by atoms with E-state index < -0.39 is 5.25 Å². The largest absolute Gasteiger partial charge is 0.495 e. The third kappa shape index (κ3) is 4.06. The molecule has 0 saturated heterocycles. The van der Waals surface area contributed by atoms with Gasteiger partial charge in [0.1, 0.15) is 12.4 Å². The van der Waals surface area contributed by atoms with Crippen LogP contribution < -0.4 is 19.5 Å². The minimum atomic E-state index is -0.394. The van der Waals surface area contributed by atoms with E-state index in [0.717, 1.165) is 0 Å². The first-order valence-electron chi connectivity index (χ1n) is 9.45. The highest BCUT2D eigenvalue weighted by molar-refractivity contribution is 8.00. The zero-order valence-electron chi connectivity index (χ0n) is 16.9. The van der Waals surface area contributed by atoms with E-state index in [9.17, 15) is 4.79 Å². The number of anilines is 1. The van der Waals surface area contributed by atoms with Crippen molar-refractivity contribution in [2.24, 2.45) is 7.05 Å². The summed E-state index contributed by atoms with van der Waals surface area (Å²) < 4.78 is 18.9. The zero-order valence-corrected chi connectivity index (χ0v) is 17.7. The molecule has 156 valence electrons. The molecule has 4 rings (SSSR count). The number of methoxy groups -OCH3 is 1. The molecule has 1 aliphatic rings. The molecule has 0 fully saturated rings. The highest BCUT2D eigenvalue weighted by atomic mass is 32.2. The van der Waals surface area contributed by atoms with Crippen LogP contribution in [0.4, 0.5) is 5.69 Å². The first-order chi connectivity index (χ1) is 14.6. The van der Waals surface area contributed by atoms with Gasteiger partial charge in [0.05, 0.1) is 18.0 Å². The summed E-state index contributed by atoms with van der Waals surface area (Å²) in [5, 5.41) is 11.6. The van der Waals surface area contributed by atoms with Crippen molar-refractivity contribution in [1.82, 2.24) is 14.8 Å². The third-order valence-electron chi connectivity index (χ3n) is 4.68. The van der Waals surface area contributed by atoms with E-state index in [1.807, 2.05) is 54.9 Å². The van der Waals surface area contributed by atoms with Gasteiger partial charge < -0.3 is 24.1 Å². The number of amides is 1. The minimum Gasteiger partial charge on any atom is -0.495 e. The third-order valence-corrected chi connectivity index (χ3v) is 5.82. The maximum absolute atomic E-state index is 12.7. The van der Waals surface area contributed by atoms with Gasteiger partial charge in [-0.3, -0.25) is 4.79 Å². The van der Waals surface area contributed by atoms with Crippen molar-refractivity contribution in [2.45, 2.75) is 23.4 Å². The van der Waals surface area contributed by atoms with Gasteiger partial charge in [0.15, 0.2) is 28.6 Å². The molecule has 1 aliphatic heterocycles. The number of fused-ring (bicyclic) bond motifs is 1. The summed E-state index contributed by atoms with van der Waals surface area (Å²) in [5.41, 5.74) is 0.627. The summed E-state index contributed by atoms with van der Waals surface area (Å²) in [6, 6.07) is 14.8. The summed E-state index contributed by atoms with van der Waals surface area (Å²) in [6.07, 6.45) is -0.371. The fourth-order valence-corrected chi connectivity index (χ4v) is 3.87. The number of hydrogen-bond donors (Lipinski definition) is 1. The fraction of sp³-hybridized carbons (Fsp3) is 0.286. The average molecular weight is 426 g/mol. The molecule has 1 aromatic heterocycles. The Morgan fingerprint density at radius 1 is 1.20 bits per heavy atom. The number of rotatable bonds is 6. The average Bonchev–Trinajstić information content (AvgIpc) is 3.13. The second-order valence-corrected chi connectivity index (χ2v) is 8.02. The van der Waals surface area contributed by atoms with E-state index in [0.29, 0.717) is 40.5 Å². The quantitative estimate of drug-likeness (QED) is 0.604. The van der Waals surface area contributed by atoms with Crippen molar-refractivity contribution in [2.75, 3.05) is 19.0 Å². The molecule has 30 heavy (non-hydrogen) atoms. The molecule has 0 radical (unpaired) electrons. The molecule has 3 aromatic rings. The van der Waals surface area contributed by atoms with Crippen molar-refractivity contribution in [3.05, 3.63) is 54.4 Å². The number of carbonyl (C=O) groups is 1. The second kappa shape index (κ2) is 8.66. The number of para-hydroxylation sites is 4. The Morgan fingerprint density at radius 2 is 1.93 bits per heavy atom. The molecule has 1 amide bonds. The van der Waals surface area contributed by atoms with Crippen LogP contribution in [0, 0.1) is 0 Å². The van der Waals surface area contributed by atoms with Crippen molar-refractivity contribution >= 4 is 23.4 Å². The van der Waals surface area contributed by atoms with Gasteiger partial charge in [-0.05, 0) is 31.2 Å². The summed E-state index contributed by atoms with van der Waals surface area (Å²) in [7, 11) is 3.42. The minimum absolute atomic E-state index is 0.153. The van der Waals surface area contributed by atoms with Crippen molar-refractivity contribution in [1.29, 1.82) is 0 Å². The molecule has 0 aliphatic carbocycles. The van der Waals surface area contributed by atoms with E-state index in [4.69, 9.17) is 14.2 Å². The maximum atomic E-state index is 12.7. The van der Waals surface area contributed by atoms with Crippen LogP contribution >= 0.6 is 11.8 Å². The van der Waals surface area contributed by atoms with Crippen LogP contribution in [0.25, 0.3) is 0 Å². The van der Waals surface area contributed by atoms with Gasteiger partial charge >= 0.3 is 0 Å². The van der Waals surface area contributed by atoms with Gasteiger partial charge in [-0.25, -0.2) is 0 Å². The van der Waals surface area contributed by atoms with E-state index in [1.165, 1.54) is 11.8 Å². The van der Waals surface area contributed by atoms with Crippen LogP contribution in [0.15, 0.2) is 53.7 Å². The summed E-state index contributed by atoms with van der Waals surface area (Å²) in [6.45, 7) is 2.16. The topological polar surface area (TPSA) is 87.5 Å². The summed E-state index contributed by atoms with van der Waals surface area (Å²) in [5.74, 6) is 2.49. The lowest BCUT2D eigenvalue weighted by molar-refractivity contribution is -0.115. The normalized spacial score (nSPS) is 16.0. The first-order valence-corrected chi connectivity index (χ1v) is 10.3. The lowest BCUT2D eigenvalue weighted by atomic mass is 10.2. The Balaban J connectivity index is 1.43. The molecule has 2 heterocycles. The van der Waals surface area contributed by atoms with Gasteiger partial charge in [0, 0.05) is 7.05 Å². The Kier molecular flexibility index (Phi) is 5.80. The van der Waals surface area contributed by atoms with Crippen molar-refractivity contribution in [3.8, 4) is 17.2 Å². The number of aromatic nitrogens is 3. The van der Waals surface area contributed by atoms with Crippen molar-refractivity contribution in [3.63, 3.8) is 0 Å². The van der Waals surface area contributed by atoms with Gasteiger partial charge in [0.25, 0.3) is 0 Å². The zero-order chi connectivity index (χ0) is 21.1. The van der Waals surface area contributed by atoms with Crippen LogP contribution in [-0.2, 0) is 11.8 Å². The molecule has 9 heteroatoms. The highest BCUT2D eigenvalue weighted by Gasteiger charge is 2.28. The number of ether oxygens (including phenoxy) is 3. The molecule has 8 nitrogen and oxygen atoms in total. The Labute approximate surface area is 178 Å². The van der Waals surface area contributed by atoms with Crippen LogP contribution in [0.2, 0.25) is 0 Å². The first kappa shape index (κ1) is 20.1. The molecular formula is C21H22N4O4S. The predicted octanol–water partition coefficient (Wildman–Crippen LogP) is 3.46. The molecule has 2 unspecified atom stereocenters. The number of nitrogens with one attached hydrogen (secondary N) is 1. The maximum Gasteiger partial charge on any atom is 0.237 e. The van der Waals surface area contributed by atoms with Crippen molar-refractivity contribution < 1.29 is 19.0 Å².